The maximum atomic E-state index is 13.7. The van der Waals surface area contributed by atoms with Crippen LogP contribution < -0.4 is 10.1 Å². The molecule has 3 aromatic rings. The maximum absolute atomic E-state index is 13.7. The zero-order valence-electron chi connectivity index (χ0n) is 20.3. The fourth-order valence-corrected chi connectivity index (χ4v) is 4.12. The first kappa shape index (κ1) is 24.9. The Bertz CT molecular complexity index is 1290. The van der Waals surface area contributed by atoms with Gasteiger partial charge in [0, 0.05) is 19.2 Å². The van der Waals surface area contributed by atoms with Crippen LogP contribution in [0.1, 0.15) is 46.0 Å². The number of nitrogens with one attached hydrogen (secondary N) is 1. The lowest BCUT2D eigenvalue weighted by molar-refractivity contribution is -0.133. The molecule has 2 aromatic carbocycles. The van der Waals surface area contributed by atoms with E-state index in [4.69, 9.17) is 9.47 Å². The van der Waals surface area contributed by atoms with Crippen molar-refractivity contribution in [3.05, 3.63) is 82.9 Å². The number of esters is 1. The van der Waals surface area contributed by atoms with Gasteiger partial charge in [-0.25, -0.2) is 9.18 Å². The Morgan fingerprint density at radius 2 is 1.89 bits per heavy atom. The third kappa shape index (κ3) is 4.93. The Labute approximate surface area is 207 Å². The molecule has 0 bridgehead atoms. The molecular weight excluding hydrogens is 467 g/mol. The Morgan fingerprint density at radius 3 is 2.58 bits per heavy atom. The summed E-state index contributed by atoms with van der Waals surface area (Å²) in [5.41, 5.74) is 0.311. The number of amides is 2. The summed E-state index contributed by atoms with van der Waals surface area (Å²) >= 11 is 0. The molecule has 1 aliphatic heterocycles. The molecule has 9 nitrogen and oxygen atoms in total. The van der Waals surface area contributed by atoms with Gasteiger partial charge in [-0.05, 0) is 49.2 Å². The van der Waals surface area contributed by atoms with Crippen LogP contribution in [0.4, 0.5) is 4.39 Å². The molecule has 0 saturated carbocycles. The van der Waals surface area contributed by atoms with Gasteiger partial charge in [0.05, 0.1) is 20.3 Å². The summed E-state index contributed by atoms with van der Waals surface area (Å²) in [6, 6.07) is 14.4. The monoisotopic (exact) mass is 494 g/mol. The molecule has 1 aromatic heterocycles. The van der Waals surface area contributed by atoms with Crippen molar-refractivity contribution < 1.29 is 28.2 Å². The van der Waals surface area contributed by atoms with Gasteiger partial charge in [0.25, 0.3) is 5.91 Å². The van der Waals surface area contributed by atoms with Crippen LogP contribution >= 0.6 is 0 Å². The highest BCUT2D eigenvalue weighted by Crippen LogP contribution is 2.30. The number of aromatic nitrogens is 2. The number of methoxy groups -OCH3 is 1. The van der Waals surface area contributed by atoms with E-state index in [9.17, 15) is 18.8 Å². The van der Waals surface area contributed by atoms with E-state index in [2.05, 4.69) is 10.4 Å². The number of nitrogens with zero attached hydrogens (tertiary/aromatic N) is 3. The van der Waals surface area contributed by atoms with Crippen LogP contribution in [0.15, 0.2) is 54.6 Å². The molecule has 0 unspecified atom stereocenters. The molecule has 2 heterocycles. The molecule has 0 radical (unpaired) electrons. The molecule has 0 aliphatic carbocycles. The number of rotatable bonds is 8. The van der Waals surface area contributed by atoms with Crippen molar-refractivity contribution in [1.82, 2.24) is 20.0 Å². The molecule has 36 heavy (non-hydrogen) atoms. The summed E-state index contributed by atoms with van der Waals surface area (Å²) in [5, 5.41) is 7.10. The quantitative estimate of drug-likeness (QED) is 0.483. The standard InChI is InChI=1S/C26H27FN4O5/c1-4-36-24(33)21-13-22-23(32)30(15-18-6-5-7-20(12-18)35-3)26(2,16-31(22)29-21)25(34)28-14-17-8-10-19(27)11-9-17/h5-13H,4,14-16H2,1-3H3,(H,28,34)/t26-/m1/s1. The number of benzene rings is 2. The van der Waals surface area contributed by atoms with E-state index < -0.39 is 23.3 Å². The highest BCUT2D eigenvalue weighted by atomic mass is 19.1. The first-order valence-electron chi connectivity index (χ1n) is 11.5. The van der Waals surface area contributed by atoms with Gasteiger partial charge in [0.15, 0.2) is 5.69 Å². The number of halogens is 1. The highest BCUT2D eigenvalue weighted by Gasteiger charge is 2.48. The molecule has 1 N–H and O–H groups in total. The van der Waals surface area contributed by atoms with Crippen LogP contribution in [0.5, 0.6) is 5.75 Å². The Morgan fingerprint density at radius 1 is 1.14 bits per heavy atom. The van der Waals surface area contributed by atoms with E-state index in [1.54, 1.807) is 51.3 Å². The van der Waals surface area contributed by atoms with Crippen molar-refractivity contribution in [1.29, 1.82) is 0 Å². The van der Waals surface area contributed by atoms with Gasteiger partial charge >= 0.3 is 5.97 Å². The smallest absolute Gasteiger partial charge is 0.358 e. The molecule has 4 rings (SSSR count). The predicted octanol–water partition coefficient (Wildman–Crippen LogP) is 2.94. The van der Waals surface area contributed by atoms with Crippen LogP contribution in [0.3, 0.4) is 0 Å². The molecule has 10 heteroatoms. The third-order valence-electron chi connectivity index (χ3n) is 6.11. The zero-order chi connectivity index (χ0) is 25.9. The average molecular weight is 495 g/mol. The molecule has 0 saturated heterocycles. The van der Waals surface area contributed by atoms with Gasteiger partial charge < -0.3 is 19.7 Å². The van der Waals surface area contributed by atoms with Gasteiger partial charge in [0.2, 0.25) is 5.91 Å². The second-order valence-electron chi connectivity index (χ2n) is 8.62. The van der Waals surface area contributed by atoms with E-state index in [0.29, 0.717) is 11.3 Å². The van der Waals surface area contributed by atoms with Crippen LogP contribution in [-0.4, -0.2) is 51.7 Å². The minimum Gasteiger partial charge on any atom is -0.497 e. The van der Waals surface area contributed by atoms with E-state index in [-0.39, 0.29) is 43.4 Å². The van der Waals surface area contributed by atoms with Gasteiger partial charge in [-0.3, -0.25) is 14.3 Å². The van der Waals surface area contributed by atoms with Gasteiger partial charge in [-0.1, -0.05) is 24.3 Å². The molecule has 2 amide bonds. The van der Waals surface area contributed by atoms with Crippen LogP contribution in [-0.2, 0) is 29.2 Å². The van der Waals surface area contributed by atoms with Crippen LogP contribution in [0.25, 0.3) is 0 Å². The molecule has 188 valence electrons. The predicted molar refractivity (Wildman–Crippen MR) is 128 cm³/mol. The number of carbonyl (C=O) groups excluding carboxylic acids is 3. The normalized spacial score (nSPS) is 16.9. The van der Waals surface area contributed by atoms with E-state index in [0.717, 1.165) is 5.56 Å². The Balaban J connectivity index is 1.67. The number of hydrogen-bond acceptors (Lipinski definition) is 6. The third-order valence-corrected chi connectivity index (χ3v) is 6.11. The molecule has 1 aliphatic rings. The Hall–Kier alpha value is -4.21. The van der Waals surface area contributed by atoms with Gasteiger partial charge in [0.1, 0.15) is 22.8 Å². The van der Waals surface area contributed by atoms with E-state index in [1.807, 2.05) is 6.07 Å². The fraction of sp³-hybridized carbons (Fsp3) is 0.308. The first-order valence-corrected chi connectivity index (χ1v) is 11.5. The average Bonchev–Trinajstić information content (AvgIpc) is 3.30. The minimum atomic E-state index is -1.34. The van der Waals surface area contributed by atoms with Crippen LogP contribution in [0, 0.1) is 5.82 Å². The maximum Gasteiger partial charge on any atom is 0.358 e. The fourth-order valence-electron chi connectivity index (χ4n) is 4.12. The summed E-state index contributed by atoms with van der Waals surface area (Å²) in [6.07, 6.45) is 0. The number of fused-ring (bicyclic) bond motifs is 1. The van der Waals surface area contributed by atoms with Gasteiger partial charge in [-0.2, -0.15) is 5.10 Å². The van der Waals surface area contributed by atoms with Crippen molar-refractivity contribution in [2.75, 3.05) is 13.7 Å². The first-order chi connectivity index (χ1) is 17.2. The minimum absolute atomic E-state index is 0.00231. The van der Waals surface area contributed by atoms with E-state index in [1.165, 1.54) is 27.8 Å². The second-order valence-corrected chi connectivity index (χ2v) is 8.62. The van der Waals surface area contributed by atoms with Crippen molar-refractivity contribution in [3.63, 3.8) is 0 Å². The van der Waals surface area contributed by atoms with Gasteiger partial charge in [-0.15, -0.1) is 0 Å². The molecular formula is C26H27FN4O5. The Kier molecular flexibility index (Phi) is 7.05. The number of carbonyl (C=O) groups is 3. The largest absolute Gasteiger partial charge is 0.497 e. The summed E-state index contributed by atoms with van der Waals surface area (Å²) in [7, 11) is 1.55. The number of ether oxygens (including phenoxy) is 2. The summed E-state index contributed by atoms with van der Waals surface area (Å²) in [5.74, 6) is -1.26. The van der Waals surface area contributed by atoms with Crippen molar-refractivity contribution in [2.45, 2.75) is 39.0 Å². The second kappa shape index (κ2) is 10.2. The summed E-state index contributed by atoms with van der Waals surface area (Å²) in [6.45, 7) is 3.79. The lowest BCUT2D eigenvalue weighted by atomic mass is 9.94. The van der Waals surface area contributed by atoms with E-state index >= 15 is 0 Å². The number of hydrogen-bond donors (Lipinski definition) is 1. The summed E-state index contributed by atoms with van der Waals surface area (Å²) in [4.78, 5) is 40.9. The van der Waals surface area contributed by atoms with Crippen molar-refractivity contribution in [2.24, 2.45) is 0 Å². The SMILES string of the molecule is CCOC(=O)c1cc2n(n1)C[C@](C)(C(=O)NCc1ccc(F)cc1)N(Cc1cccc(OC)c1)C2=O. The lowest BCUT2D eigenvalue weighted by Crippen LogP contribution is -2.63. The summed E-state index contributed by atoms with van der Waals surface area (Å²) < 4.78 is 25.0. The highest BCUT2D eigenvalue weighted by molar-refractivity contribution is 6.01. The van der Waals surface area contributed by atoms with Crippen LogP contribution in [0.2, 0.25) is 0 Å². The molecule has 1 atom stereocenters. The van der Waals surface area contributed by atoms with Crippen molar-refractivity contribution >= 4 is 17.8 Å². The molecule has 0 spiro atoms. The molecule has 0 fully saturated rings. The topological polar surface area (TPSA) is 103 Å². The lowest BCUT2D eigenvalue weighted by Gasteiger charge is -2.43. The zero-order valence-corrected chi connectivity index (χ0v) is 20.3. The van der Waals surface area contributed by atoms with Crippen molar-refractivity contribution in [3.8, 4) is 5.75 Å².